The van der Waals surface area contributed by atoms with Gasteiger partial charge in [-0.05, 0) is 54.1 Å². The number of carbonyl (C=O) groups excluding carboxylic acids is 1. The number of amides is 1. The normalized spacial score (nSPS) is 10.7. The highest BCUT2D eigenvalue weighted by Crippen LogP contribution is 2.23. The molecule has 0 spiro atoms. The van der Waals surface area contributed by atoms with E-state index in [-0.39, 0.29) is 12.5 Å². The van der Waals surface area contributed by atoms with Crippen LogP contribution in [0, 0.1) is 0 Å². The molecule has 0 bridgehead atoms. The molecule has 0 aliphatic carbocycles. The molecule has 2 aromatic heterocycles. The van der Waals surface area contributed by atoms with Crippen LogP contribution in [0.3, 0.4) is 0 Å². The van der Waals surface area contributed by atoms with Crippen LogP contribution in [0.15, 0.2) is 71.3 Å². The fourth-order valence-corrected chi connectivity index (χ4v) is 2.73. The first-order valence-electron chi connectivity index (χ1n) is 9.06. The fourth-order valence-electron chi connectivity index (χ4n) is 2.73. The molecule has 2 heterocycles. The highest BCUT2D eigenvalue weighted by molar-refractivity contribution is 5.77. The van der Waals surface area contributed by atoms with Gasteiger partial charge in [-0.1, -0.05) is 12.1 Å². The summed E-state index contributed by atoms with van der Waals surface area (Å²) in [7, 11) is 1.60. The Labute approximate surface area is 167 Å². The van der Waals surface area contributed by atoms with Crippen molar-refractivity contribution in [1.29, 1.82) is 0 Å². The van der Waals surface area contributed by atoms with E-state index in [1.54, 1.807) is 43.6 Å². The van der Waals surface area contributed by atoms with E-state index >= 15 is 0 Å². The zero-order chi connectivity index (χ0) is 20.1. The molecule has 0 aliphatic heterocycles. The largest absolute Gasteiger partial charge is 0.497 e. The van der Waals surface area contributed by atoms with Gasteiger partial charge in [0.2, 0.25) is 5.89 Å². The molecule has 29 heavy (non-hydrogen) atoms. The van der Waals surface area contributed by atoms with Crippen LogP contribution in [-0.4, -0.2) is 29.6 Å². The van der Waals surface area contributed by atoms with E-state index in [2.05, 4.69) is 15.3 Å². The molecule has 4 rings (SSSR count). The third-order valence-electron chi connectivity index (χ3n) is 4.28. The van der Waals surface area contributed by atoms with Gasteiger partial charge in [0.1, 0.15) is 11.5 Å². The highest BCUT2D eigenvalue weighted by Gasteiger charge is 2.09. The van der Waals surface area contributed by atoms with Crippen LogP contribution < -0.4 is 14.8 Å². The lowest BCUT2D eigenvalue weighted by atomic mass is 10.1. The van der Waals surface area contributed by atoms with Gasteiger partial charge in [-0.2, -0.15) is 4.98 Å². The lowest BCUT2D eigenvalue weighted by Crippen LogP contribution is -2.28. The molecule has 146 valence electrons. The Kier molecular flexibility index (Phi) is 5.38. The second-order valence-corrected chi connectivity index (χ2v) is 6.28. The summed E-state index contributed by atoms with van der Waals surface area (Å²) >= 11 is 0. The number of aromatic nitrogens is 2. The maximum Gasteiger partial charge on any atom is 0.258 e. The molecule has 7 nitrogen and oxygen atoms in total. The van der Waals surface area contributed by atoms with Crippen LogP contribution in [0.2, 0.25) is 0 Å². The molecule has 0 unspecified atom stereocenters. The Hall–Kier alpha value is -3.87. The smallest absolute Gasteiger partial charge is 0.258 e. The average molecular weight is 389 g/mol. The molecule has 0 fully saturated rings. The zero-order valence-electron chi connectivity index (χ0n) is 15.8. The van der Waals surface area contributed by atoms with Gasteiger partial charge in [0.15, 0.2) is 17.8 Å². The minimum atomic E-state index is -0.199. The second kappa shape index (κ2) is 8.43. The SMILES string of the molecule is COc1ccc(OCC(=O)NCc2ccc(-c3nc4ncccc4o3)cc2)cc1. The molecule has 7 heteroatoms. The van der Waals surface area contributed by atoms with Crippen LogP contribution in [0.5, 0.6) is 11.5 Å². The Bertz CT molecular complexity index is 1070. The van der Waals surface area contributed by atoms with Crippen molar-refractivity contribution in [1.82, 2.24) is 15.3 Å². The number of fused-ring (bicyclic) bond motifs is 1. The molecule has 1 N–H and O–H groups in total. The maximum atomic E-state index is 12.0. The predicted octanol–water partition coefficient (Wildman–Crippen LogP) is 3.59. The van der Waals surface area contributed by atoms with E-state index in [4.69, 9.17) is 13.9 Å². The lowest BCUT2D eigenvalue weighted by molar-refractivity contribution is -0.123. The standard InChI is InChI=1S/C22H19N3O4/c1-27-17-8-10-18(11-9-17)28-14-20(26)24-13-15-4-6-16(7-5-15)22-25-21-19(29-22)3-2-12-23-21/h2-12H,13-14H2,1H3,(H,24,26). The van der Waals surface area contributed by atoms with Crippen molar-refractivity contribution in [3.63, 3.8) is 0 Å². The van der Waals surface area contributed by atoms with E-state index in [1.165, 1.54) is 0 Å². The number of rotatable bonds is 7. The molecule has 1 amide bonds. The molecule has 4 aromatic rings. The number of hydrogen-bond acceptors (Lipinski definition) is 6. The monoisotopic (exact) mass is 389 g/mol. The van der Waals surface area contributed by atoms with Gasteiger partial charge in [-0.25, -0.2) is 4.98 Å². The predicted molar refractivity (Wildman–Crippen MR) is 108 cm³/mol. The Balaban J connectivity index is 1.29. The number of hydrogen-bond donors (Lipinski definition) is 1. The summed E-state index contributed by atoms with van der Waals surface area (Å²) in [5, 5.41) is 2.83. The number of oxazole rings is 1. The Morgan fingerprint density at radius 2 is 1.79 bits per heavy atom. The van der Waals surface area contributed by atoms with Gasteiger partial charge in [0.05, 0.1) is 7.11 Å². The van der Waals surface area contributed by atoms with Crippen molar-refractivity contribution in [2.75, 3.05) is 13.7 Å². The van der Waals surface area contributed by atoms with Crippen LogP contribution in [0.1, 0.15) is 5.56 Å². The van der Waals surface area contributed by atoms with Crippen LogP contribution in [0.25, 0.3) is 22.7 Å². The molecule has 0 radical (unpaired) electrons. The van der Waals surface area contributed by atoms with Crippen molar-refractivity contribution in [2.24, 2.45) is 0 Å². The molecular weight excluding hydrogens is 370 g/mol. The van der Waals surface area contributed by atoms with E-state index in [0.717, 1.165) is 16.9 Å². The van der Waals surface area contributed by atoms with E-state index in [9.17, 15) is 4.79 Å². The van der Waals surface area contributed by atoms with Gasteiger partial charge < -0.3 is 19.2 Å². The van der Waals surface area contributed by atoms with Gasteiger partial charge >= 0.3 is 0 Å². The summed E-state index contributed by atoms with van der Waals surface area (Å²) in [6.45, 7) is 0.348. The fraction of sp³-hybridized carbons (Fsp3) is 0.136. The van der Waals surface area contributed by atoms with Crippen molar-refractivity contribution >= 4 is 17.1 Å². The van der Waals surface area contributed by atoms with Crippen LogP contribution in [0.4, 0.5) is 0 Å². The first-order chi connectivity index (χ1) is 14.2. The second-order valence-electron chi connectivity index (χ2n) is 6.28. The Morgan fingerprint density at radius 3 is 2.52 bits per heavy atom. The number of methoxy groups -OCH3 is 1. The summed E-state index contributed by atoms with van der Waals surface area (Å²) in [4.78, 5) is 20.6. The topological polar surface area (TPSA) is 86.5 Å². The number of benzene rings is 2. The minimum absolute atomic E-state index is 0.0552. The first kappa shape index (κ1) is 18.5. The number of pyridine rings is 1. The van der Waals surface area contributed by atoms with Gasteiger partial charge in [0, 0.05) is 18.3 Å². The summed E-state index contributed by atoms with van der Waals surface area (Å²) in [6.07, 6.45) is 1.68. The highest BCUT2D eigenvalue weighted by atomic mass is 16.5. The van der Waals surface area contributed by atoms with E-state index in [0.29, 0.717) is 29.4 Å². The minimum Gasteiger partial charge on any atom is -0.497 e. The third-order valence-corrected chi connectivity index (χ3v) is 4.28. The van der Waals surface area contributed by atoms with Crippen molar-refractivity contribution < 1.29 is 18.7 Å². The number of nitrogens with zero attached hydrogens (tertiary/aromatic N) is 2. The van der Waals surface area contributed by atoms with Gasteiger partial charge in [-0.15, -0.1) is 0 Å². The molecular formula is C22H19N3O4. The molecule has 0 saturated heterocycles. The number of nitrogens with one attached hydrogen (secondary N) is 1. The van der Waals surface area contributed by atoms with E-state index in [1.807, 2.05) is 30.3 Å². The first-order valence-corrected chi connectivity index (χ1v) is 9.06. The third kappa shape index (κ3) is 4.52. The van der Waals surface area contributed by atoms with Gasteiger partial charge in [-0.3, -0.25) is 4.79 Å². The van der Waals surface area contributed by atoms with Crippen molar-refractivity contribution in [2.45, 2.75) is 6.54 Å². The van der Waals surface area contributed by atoms with Crippen LogP contribution >= 0.6 is 0 Å². The number of carbonyl (C=O) groups is 1. The average Bonchev–Trinajstić information content (AvgIpc) is 3.21. The van der Waals surface area contributed by atoms with Gasteiger partial charge in [0.25, 0.3) is 5.91 Å². The Morgan fingerprint density at radius 1 is 1.03 bits per heavy atom. The summed E-state index contributed by atoms with van der Waals surface area (Å²) < 4.78 is 16.3. The molecule has 2 aromatic carbocycles. The zero-order valence-corrected chi connectivity index (χ0v) is 15.8. The van der Waals surface area contributed by atoms with Crippen LogP contribution in [-0.2, 0) is 11.3 Å². The molecule has 0 saturated carbocycles. The van der Waals surface area contributed by atoms with E-state index < -0.39 is 0 Å². The van der Waals surface area contributed by atoms with Crippen molar-refractivity contribution in [3.8, 4) is 23.0 Å². The molecule has 0 atom stereocenters. The quantitative estimate of drug-likeness (QED) is 0.520. The summed E-state index contributed by atoms with van der Waals surface area (Å²) in [5.41, 5.74) is 3.04. The van der Waals surface area contributed by atoms with Crippen molar-refractivity contribution in [3.05, 3.63) is 72.4 Å². The summed E-state index contributed by atoms with van der Waals surface area (Å²) in [5.74, 6) is 1.66. The maximum absolute atomic E-state index is 12.0. The summed E-state index contributed by atoms with van der Waals surface area (Å²) in [6, 6.07) is 18.4. The number of ether oxygens (including phenoxy) is 2. The molecule has 0 aliphatic rings. The lowest BCUT2D eigenvalue weighted by Gasteiger charge is -2.08.